The molecule has 1 aromatic heterocycles. The number of amides is 1. The van der Waals surface area contributed by atoms with Gasteiger partial charge in [-0.3, -0.25) is 4.79 Å². The zero-order valence-electron chi connectivity index (χ0n) is 12.8. The number of benzene rings is 1. The molecule has 2 aliphatic rings. The zero-order valence-corrected chi connectivity index (χ0v) is 13.6. The van der Waals surface area contributed by atoms with Gasteiger partial charge in [-0.15, -0.1) is 0 Å². The Labute approximate surface area is 139 Å². The number of piperidine rings is 1. The standard InChI is InChI=1S/C17H19ClN2O3/c18-14-1-2-15-13(11-14)3-6-20(15)12-16(21)19-7-4-17(5-8-19)22-9-10-23-17/h1-3,6,11H,4-5,7-10,12H2. The molecule has 4 rings (SSSR count). The Balaban J connectivity index is 1.43. The number of hydrogen-bond acceptors (Lipinski definition) is 3. The minimum atomic E-state index is -0.437. The van der Waals surface area contributed by atoms with Crippen molar-refractivity contribution >= 4 is 28.4 Å². The van der Waals surface area contributed by atoms with Gasteiger partial charge in [0.05, 0.1) is 13.2 Å². The van der Waals surface area contributed by atoms with E-state index in [0.717, 1.165) is 23.7 Å². The third-order valence-electron chi connectivity index (χ3n) is 4.73. The SMILES string of the molecule is O=C(Cn1ccc2cc(Cl)ccc21)N1CCC2(CC1)OCCO2. The molecule has 5 nitrogen and oxygen atoms in total. The molecule has 23 heavy (non-hydrogen) atoms. The van der Waals surface area contributed by atoms with Crippen molar-refractivity contribution in [1.29, 1.82) is 0 Å². The van der Waals surface area contributed by atoms with E-state index in [2.05, 4.69) is 0 Å². The van der Waals surface area contributed by atoms with Gasteiger partial charge in [-0.1, -0.05) is 11.6 Å². The molecule has 2 aliphatic heterocycles. The summed E-state index contributed by atoms with van der Waals surface area (Å²) in [5.41, 5.74) is 1.03. The highest BCUT2D eigenvalue weighted by molar-refractivity contribution is 6.31. The second kappa shape index (κ2) is 5.82. The van der Waals surface area contributed by atoms with Gasteiger partial charge in [0.25, 0.3) is 0 Å². The molecule has 0 atom stereocenters. The summed E-state index contributed by atoms with van der Waals surface area (Å²) in [4.78, 5) is 14.5. The Morgan fingerprint density at radius 1 is 1.17 bits per heavy atom. The van der Waals surface area contributed by atoms with Gasteiger partial charge < -0.3 is 18.9 Å². The van der Waals surface area contributed by atoms with Gasteiger partial charge in [0.1, 0.15) is 6.54 Å². The van der Waals surface area contributed by atoms with Gasteiger partial charge in [0.15, 0.2) is 5.79 Å². The molecule has 6 heteroatoms. The van der Waals surface area contributed by atoms with Crippen LogP contribution >= 0.6 is 11.6 Å². The topological polar surface area (TPSA) is 43.7 Å². The minimum Gasteiger partial charge on any atom is -0.347 e. The maximum absolute atomic E-state index is 12.6. The van der Waals surface area contributed by atoms with Crippen LogP contribution in [0.5, 0.6) is 0 Å². The molecular formula is C17H19ClN2O3. The summed E-state index contributed by atoms with van der Waals surface area (Å²) in [5, 5.41) is 1.76. The Morgan fingerprint density at radius 2 is 1.91 bits per heavy atom. The van der Waals surface area contributed by atoms with Crippen molar-refractivity contribution in [1.82, 2.24) is 9.47 Å². The number of nitrogens with zero attached hydrogens (tertiary/aromatic N) is 2. The summed E-state index contributed by atoms with van der Waals surface area (Å²) in [6.07, 6.45) is 3.44. The number of carbonyl (C=O) groups is 1. The summed E-state index contributed by atoms with van der Waals surface area (Å²) < 4.78 is 13.4. The molecule has 0 bridgehead atoms. The van der Waals surface area contributed by atoms with Crippen molar-refractivity contribution in [2.75, 3.05) is 26.3 Å². The number of likely N-dealkylation sites (tertiary alicyclic amines) is 1. The number of rotatable bonds is 2. The Morgan fingerprint density at radius 3 is 2.65 bits per heavy atom. The minimum absolute atomic E-state index is 0.130. The van der Waals surface area contributed by atoms with Crippen LogP contribution in [0.2, 0.25) is 5.02 Å². The quantitative estimate of drug-likeness (QED) is 0.848. The van der Waals surface area contributed by atoms with E-state index in [1.807, 2.05) is 39.9 Å². The van der Waals surface area contributed by atoms with Crippen molar-refractivity contribution in [3.05, 3.63) is 35.5 Å². The molecular weight excluding hydrogens is 316 g/mol. The highest BCUT2D eigenvalue weighted by Gasteiger charge is 2.40. The lowest BCUT2D eigenvalue weighted by Gasteiger charge is -2.37. The van der Waals surface area contributed by atoms with Crippen molar-refractivity contribution in [2.24, 2.45) is 0 Å². The smallest absolute Gasteiger partial charge is 0.242 e. The van der Waals surface area contributed by atoms with E-state index in [0.29, 0.717) is 37.9 Å². The predicted molar refractivity (Wildman–Crippen MR) is 87.4 cm³/mol. The van der Waals surface area contributed by atoms with Crippen LogP contribution in [0, 0.1) is 0 Å². The van der Waals surface area contributed by atoms with Crippen LogP contribution in [-0.2, 0) is 20.8 Å². The number of halogens is 1. The third-order valence-corrected chi connectivity index (χ3v) is 4.97. The van der Waals surface area contributed by atoms with Crippen LogP contribution in [0.4, 0.5) is 0 Å². The van der Waals surface area contributed by atoms with E-state index >= 15 is 0 Å². The van der Waals surface area contributed by atoms with Crippen molar-refractivity contribution in [2.45, 2.75) is 25.2 Å². The molecule has 0 N–H and O–H groups in total. The lowest BCUT2D eigenvalue weighted by atomic mass is 10.0. The van der Waals surface area contributed by atoms with E-state index in [1.54, 1.807) is 0 Å². The molecule has 2 saturated heterocycles. The number of hydrogen-bond donors (Lipinski definition) is 0. The molecule has 0 unspecified atom stereocenters. The molecule has 3 heterocycles. The number of ether oxygens (including phenoxy) is 2. The fourth-order valence-electron chi connectivity index (χ4n) is 3.44. The largest absolute Gasteiger partial charge is 0.347 e. The molecule has 1 spiro atoms. The van der Waals surface area contributed by atoms with E-state index in [4.69, 9.17) is 21.1 Å². The van der Waals surface area contributed by atoms with Gasteiger partial charge in [0, 0.05) is 48.1 Å². The first-order valence-electron chi connectivity index (χ1n) is 7.95. The van der Waals surface area contributed by atoms with Crippen molar-refractivity contribution in [3.8, 4) is 0 Å². The van der Waals surface area contributed by atoms with Gasteiger partial charge >= 0.3 is 0 Å². The summed E-state index contributed by atoms with van der Waals surface area (Å²) in [7, 11) is 0. The van der Waals surface area contributed by atoms with Crippen LogP contribution in [-0.4, -0.2) is 47.5 Å². The lowest BCUT2D eigenvalue weighted by molar-refractivity contribution is -0.187. The summed E-state index contributed by atoms with van der Waals surface area (Å²) in [6.45, 7) is 3.03. The third kappa shape index (κ3) is 2.84. The van der Waals surface area contributed by atoms with E-state index in [9.17, 15) is 4.79 Å². The Kier molecular flexibility index (Phi) is 3.79. The average Bonchev–Trinajstić information content (AvgIpc) is 3.16. The monoisotopic (exact) mass is 334 g/mol. The van der Waals surface area contributed by atoms with Crippen LogP contribution in [0.3, 0.4) is 0 Å². The molecule has 1 aromatic carbocycles. The van der Waals surface area contributed by atoms with Gasteiger partial charge in [-0.2, -0.15) is 0 Å². The first-order valence-corrected chi connectivity index (χ1v) is 8.33. The van der Waals surface area contributed by atoms with Crippen LogP contribution in [0.25, 0.3) is 10.9 Å². The Bertz CT molecular complexity index is 727. The molecule has 2 fully saturated rings. The molecule has 1 amide bonds. The van der Waals surface area contributed by atoms with E-state index < -0.39 is 5.79 Å². The number of carbonyl (C=O) groups excluding carboxylic acids is 1. The van der Waals surface area contributed by atoms with Crippen molar-refractivity contribution in [3.63, 3.8) is 0 Å². The number of aromatic nitrogens is 1. The van der Waals surface area contributed by atoms with E-state index in [1.165, 1.54) is 0 Å². The molecule has 122 valence electrons. The maximum atomic E-state index is 12.6. The normalized spacial score (nSPS) is 20.5. The highest BCUT2D eigenvalue weighted by Crippen LogP contribution is 2.31. The van der Waals surface area contributed by atoms with Crippen LogP contribution in [0.15, 0.2) is 30.5 Å². The first kappa shape index (κ1) is 15.0. The molecule has 0 radical (unpaired) electrons. The highest BCUT2D eigenvalue weighted by atomic mass is 35.5. The predicted octanol–water partition coefficient (Wildman–Crippen LogP) is 2.66. The summed E-state index contributed by atoms with van der Waals surface area (Å²) in [6, 6.07) is 7.71. The fraction of sp³-hybridized carbons (Fsp3) is 0.471. The molecule has 0 saturated carbocycles. The lowest BCUT2D eigenvalue weighted by Crippen LogP contribution is -2.48. The number of fused-ring (bicyclic) bond motifs is 1. The van der Waals surface area contributed by atoms with Crippen LogP contribution < -0.4 is 0 Å². The van der Waals surface area contributed by atoms with Gasteiger partial charge in [-0.25, -0.2) is 0 Å². The summed E-state index contributed by atoms with van der Waals surface area (Å²) >= 11 is 6.01. The van der Waals surface area contributed by atoms with Gasteiger partial charge in [0.2, 0.25) is 5.91 Å². The van der Waals surface area contributed by atoms with Crippen molar-refractivity contribution < 1.29 is 14.3 Å². The fourth-order valence-corrected chi connectivity index (χ4v) is 3.62. The first-order chi connectivity index (χ1) is 11.2. The van der Waals surface area contributed by atoms with Gasteiger partial charge in [-0.05, 0) is 24.3 Å². The second-order valence-corrected chi connectivity index (χ2v) is 6.57. The maximum Gasteiger partial charge on any atom is 0.242 e. The Hall–Kier alpha value is -1.56. The summed E-state index contributed by atoms with van der Waals surface area (Å²) in [5.74, 6) is -0.307. The zero-order chi connectivity index (χ0) is 15.9. The molecule has 0 aliphatic carbocycles. The molecule has 2 aromatic rings. The van der Waals surface area contributed by atoms with E-state index in [-0.39, 0.29) is 5.91 Å². The average molecular weight is 335 g/mol. The van der Waals surface area contributed by atoms with Crippen LogP contribution in [0.1, 0.15) is 12.8 Å². The second-order valence-electron chi connectivity index (χ2n) is 6.14.